The van der Waals surface area contributed by atoms with E-state index in [9.17, 15) is 13.2 Å². The van der Waals surface area contributed by atoms with Crippen LogP contribution in [0, 0.1) is 18.3 Å². The van der Waals surface area contributed by atoms with Crippen LogP contribution in [0.2, 0.25) is 0 Å². The molecule has 0 bridgehead atoms. The lowest BCUT2D eigenvalue weighted by Crippen LogP contribution is -2.43. The number of amides is 1. The Bertz CT molecular complexity index is 710. The monoisotopic (exact) mass is 348 g/mol. The van der Waals surface area contributed by atoms with Crippen molar-refractivity contribution in [1.29, 1.82) is 0 Å². The van der Waals surface area contributed by atoms with Crippen molar-refractivity contribution >= 4 is 15.9 Å². The van der Waals surface area contributed by atoms with Crippen LogP contribution in [0.4, 0.5) is 0 Å². The van der Waals surface area contributed by atoms with Crippen LogP contribution in [-0.4, -0.2) is 38.3 Å². The van der Waals surface area contributed by atoms with Gasteiger partial charge in [-0.2, -0.15) is 4.31 Å². The van der Waals surface area contributed by atoms with E-state index in [1.165, 1.54) is 4.31 Å². The van der Waals surface area contributed by atoms with Crippen LogP contribution in [0.25, 0.3) is 0 Å². The van der Waals surface area contributed by atoms with Gasteiger partial charge in [0.2, 0.25) is 15.9 Å². The minimum Gasteiger partial charge on any atom is -0.345 e. The van der Waals surface area contributed by atoms with Gasteiger partial charge >= 0.3 is 0 Å². The Morgan fingerprint density at radius 1 is 1.29 bits per heavy atom. The van der Waals surface area contributed by atoms with Crippen LogP contribution < -0.4 is 5.32 Å². The number of hydrogen-bond donors (Lipinski definition) is 1. The summed E-state index contributed by atoms with van der Waals surface area (Å²) in [5, 5.41) is 2.66. The fourth-order valence-corrected chi connectivity index (χ4v) is 4.28. The van der Waals surface area contributed by atoms with E-state index in [1.807, 2.05) is 12.1 Å². The molecule has 1 N–H and O–H groups in total. The molecule has 0 spiro atoms. The van der Waals surface area contributed by atoms with E-state index >= 15 is 0 Å². The van der Waals surface area contributed by atoms with E-state index in [2.05, 4.69) is 25.1 Å². The fraction of sp³-hybridized carbons (Fsp3) is 0.500. The van der Waals surface area contributed by atoms with Gasteiger partial charge in [-0.05, 0) is 36.5 Å². The highest BCUT2D eigenvalue weighted by molar-refractivity contribution is 7.89. The fourth-order valence-electron chi connectivity index (χ4n) is 2.81. The number of carbonyl (C=O) groups is 1. The lowest BCUT2D eigenvalue weighted by molar-refractivity contribution is -0.125. The van der Waals surface area contributed by atoms with Gasteiger partial charge in [0.05, 0.1) is 11.4 Å². The van der Waals surface area contributed by atoms with Gasteiger partial charge in [0.15, 0.2) is 0 Å². The summed E-state index contributed by atoms with van der Waals surface area (Å²) in [6, 6.07) is 7.04. The molecule has 0 unspecified atom stereocenters. The first-order valence-electron chi connectivity index (χ1n) is 8.17. The highest BCUT2D eigenvalue weighted by atomic mass is 32.2. The SMILES string of the molecule is C#CCNC(=O)C1CCN(S(=O)(=O)c2ccc(C(C)C)cc2)CC1. The van der Waals surface area contributed by atoms with Crippen molar-refractivity contribution in [2.75, 3.05) is 19.6 Å². The Labute approximate surface area is 144 Å². The zero-order chi connectivity index (χ0) is 17.7. The van der Waals surface area contributed by atoms with Gasteiger partial charge < -0.3 is 5.32 Å². The number of nitrogens with zero attached hydrogens (tertiary/aromatic N) is 1. The molecule has 130 valence electrons. The van der Waals surface area contributed by atoms with Gasteiger partial charge in [-0.1, -0.05) is 31.9 Å². The lowest BCUT2D eigenvalue weighted by Gasteiger charge is -2.30. The molecule has 5 nitrogen and oxygen atoms in total. The summed E-state index contributed by atoms with van der Waals surface area (Å²) in [4.78, 5) is 12.2. The number of terminal acetylenes is 1. The molecule has 1 amide bonds. The van der Waals surface area contributed by atoms with E-state index in [-0.39, 0.29) is 18.4 Å². The van der Waals surface area contributed by atoms with E-state index in [4.69, 9.17) is 6.42 Å². The summed E-state index contributed by atoms with van der Waals surface area (Å²) in [6.45, 7) is 5.05. The van der Waals surface area contributed by atoms with Crippen molar-refractivity contribution in [3.8, 4) is 12.3 Å². The maximum Gasteiger partial charge on any atom is 0.243 e. The van der Waals surface area contributed by atoms with Crippen molar-refractivity contribution in [2.45, 2.75) is 37.5 Å². The average Bonchev–Trinajstić information content (AvgIpc) is 2.59. The summed E-state index contributed by atoms with van der Waals surface area (Å²) in [7, 11) is -3.50. The second kappa shape index (κ2) is 7.82. The van der Waals surface area contributed by atoms with Gasteiger partial charge in [-0.15, -0.1) is 6.42 Å². The Morgan fingerprint density at radius 2 is 1.88 bits per heavy atom. The molecule has 1 aliphatic rings. The molecule has 1 fully saturated rings. The number of benzene rings is 1. The number of nitrogens with one attached hydrogen (secondary N) is 1. The highest BCUT2D eigenvalue weighted by Crippen LogP contribution is 2.25. The smallest absolute Gasteiger partial charge is 0.243 e. The quantitative estimate of drug-likeness (QED) is 0.827. The number of piperidine rings is 1. The maximum atomic E-state index is 12.7. The summed E-state index contributed by atoms with van der Waals surface area (Å²) < 4.78 is 26.9. The second-order valence-electron chi connectivity index (χ2n) is 6.32. The van der Waals surface area contributed by atoms with Crippen LogP contribution in [0.5, 0.6) is 0 Å². The molecule has 1 aromatic rings. The largest absolute Gasteiger partial charge is 0.345 e. The van der Waals surface area contributed by atoms with Crippen LogP contribution in [0.3, 0.4) is 0 Å². The Balaban J connectivity index is 2.02. The van der Waals surface area contributed by atoms with Crippen molar-refractivity contribution < 1.29 is 13.2 Å². The third-order valence-corrected chi connectivity index (χ3v) is 6.29. The first-order chi connectivity index (χ1) is 11.4. The van der Waals surface area contributed by atoms with Crippen molar-refractivity contribution in [3.63, 3.8) is 0 Å². The number of rotatable bonds is 5. The van der Waals surface area contributed by atoms with Crippen LogP contribution in [0.15, 0.2) is 29.2 Å². The van der Waals surface area contributed by atoms with Crippen molar-refractivity contribution in [3.05, 3.63) is 29.8 Å². The molecule has 1 saturated heterocycles. The standard InChI is InChI=1S/C18H24N2O3S/c1-4-11-19-18(21)16-9-12-20(13-10-16)24(22,23)17-7-5-15(6-8-17)14(2)3/h1,5-8,14,16H,9-13H2,2-3H3,(H,19,21). The summed E-state index contributed by atoms with van der Waals surface area (Å²) >= 11 is 0. The van der Waals surface area contributed by atoms with Crippen molar-refractivity contribution in [2.24, 2.45) is 5.92 Å². The predicted molar refractivity (Wildman–Crippen MR) is 93.9 cm³/mol. The third kappa shape index (κ3) is 4.16. The summed E-state index contributed by atoms with van der Waals surface area (Å²) in [5.74, 6) is 2.46. The first kappa shape index (κ1) is 18.5. The molecule has 1 aromatic carbocycles. The molecular formula is C18H24N2O3S. The highest BCUT2D eigenvalue weighted by Gasteiger charge is 2.31. The zero-order valence-electron chi connectivity index (χ0n) is 14.2. The molecular weight excluding hydrogens is 324 g/mol. The maximum absolute atomic E-state index is 12.7. The van der Waals surface area contributed by atoms with Crippen molar-refractivity contribution in [1.82, 2.24) is 9.62 Å². The van der Waals surface area contributed by atoms with Crippen LogP contribution in [0.1, 0.15) is 38.2 Å². The zero-order valence-corrected chi connectivity index (χ0v) is 15.0. The molecule has 0 radical (unpaired) electrons. The van der Waals surface area contributed by atoms with E-state index in [0.29, 0.717) is 36.7 Å². The molecule has 2 rings (SSSR count). The van der Waals surface area contributed by atoms with Gasteiger partial charge in [0.1, 0.15) is 0 Å². The molecule has 1 aliphatic heterocycles. The van der Waals surface area contributed by atoms with Crippen LogP contribution in [-0.2, 0) is 14.8 Å². The molecule has 24 heavy (non-hydrogen) atoms. The molecule has 0 aromatic heterocycles. The molecule has 0 aliphatic carbocycles. The normalized spacial score (nSPS) is 16.8. The molecule has 0 atom stereocenters. The van der Waals surface area contributed by atoms with E-state index in [1.54, 1.807) is 12.1 Å². The minimum atomic E-state index is -3.50. The van der Waals surface area contributed by atoms with Gasteiger partial charge in [0.25, 0.3) is 0 Å². The Morgan fingerprint density at radius 3 is 2.38 bits per heavy atom. The number of sulfonamides is 1. The topological polar surface area (TPSA) is 66.5 Å². The minimum absolute atomic E-state index is 0.0914. The first-order valence-corrected chi connectivity index (χ1v) is 9.61. The summed E-state index contributed by atoms with van der Waals surface area (Å²) in [5.41, 5.74) is 1.11. The summed E-state index contributed by atoms with van der Waals surface area (Å²) in [6.07, 6.45) is 6.15. The van der Waals surface area contributed by atoms with E-state index < -0.39 is 10.0 Å². The van der Waals surface area contributed by atoms with E-state index in [0.717, 1.165) is 5.56 Å². The lowest BCUT2D eigenvalue weighted by atomic mass is 9.97. The van der Waals surface area contributed by atoms with Crippen LogP contribution >= 0.6 is 0 Å². The molecule has 0 saturated carbocycles. The molecule has 6 heteroatoms. The molecule has 1 heterocycles. The third-order valence-electron chi connectivity index (χ3n) is 4.37. The average molecular weight is 348 g/mol. The van der Waals surface area contributed by atoms with Gasteiger partial charge in [0, 0.05) is 19.0 Å². The number of hydrogen-bond acceptors (Lipinski definition) is 3. The second-order valence-corrected chi connectivity index (χ2v) is 8.26. The van der Waals surface area contributed by atoms with Gasteiger partial charge in [-0.25, -0.2) is 8.42 Å². The number of carbonyl (C=O) groups excluding carboxylic acids is 1. The Kier molecular flexibility index (Phi) is 6.03. The Hall–Kier alpha value is -1.84. The van der Waals surface area contributed by atoms with Gasteiger partial charge in [-0.3, -0.25) is 4.79 Å². The predicted octanol–water partition coefficient (Wildman–Crippen LogP) is 1.96.